The monoisotopic (exact) mass is 218 g/mol. The molecule has 77 valence electrons. The van der Waals surface area contributed by atoms with Gasteiger partial charge in [-0.05, 0) is 44.1 Å². The zero-order valence-corrected chi connectivity index (χ0v) is 9.34. The lowest BCUT2D eigenvalue weighted by molar-refractivity contribution is 0.856. The predicted octanol–water partition coefficient (Wildman–Crippen LogP) is 1.66. The van der Waals surface area contributed by atoms with Crippen LogP contribution in [-0.4, -0.2) is 10.1 Å². The summed E-state index contributed by atoms with van der Waals surface area (Å²) in [6.45, 7) is 2.00. The molecule has 0 fully saturated rings. The molecule has 0 saturated heterocycles. The lowest BCUT2D eigenvalue weighted by Gasteiger charge is -2.01. The van der Waals surface area contributed by atoms with Crippen LogP contribution in [0.3, 0.4) is 0 Å². The van der Waals surface area contributed by atoms with Crippen molar-refractivity contribution in [1.82, 2.24) is 15.6 Å². The van der Waals surface area contributed by atoms with Crippen molar-refractivity contribution in [2.45, 2.75) is 19.8 Å². The van der Waals surface area contributed by atoms with Gasteiger partial charge in [-0.3, -0.25) is 4.98 Å². The molecule has 0 bridgehead atoms. The maximum atomic E-state index is 4.90. The minimum absolute atomic E-state index is 0.558. The van der Waals surface area contributed by atoms with Crippen molar-refractivity contribution < 1.29 is 0 Å². The first-order valence-corrected chi connectivity index (χ1v) is 5.29. The molecule has 0 aromatic carbocycles. The van der Waals surface area contributed by atoms with E-state index in [-0.39, 0.29) is 0 Å². The number of nitrogens with one attached hydrogen (secondary N) is 1. The molecule has 4 heteroatoms. The van der Waals surface area contributed by atoms with Crippen LogP contribution in [0, 0.1) is 6.92 Å². The Hall–Kier alpha value is -1.42. The van der Waals surface area contributed by atoms with Crippen molar-refractivity contribution in [3.05, 3.63) is 41.5 Å². The van der Waals surface area contributed by atoms with Gasteiger partial charge >= 0.3 is 0 Å². The fourth-order valence-electron chi connectivity index (χ4n) is 1.46. The largest absolute Gasteiger partial charge is 0.336 e. The summed E-state index contributed by atoms with van der Waals surface area (Å²) in [6, 6.07) is 6.06. The first-order valence-electron chi connectivity index (χ1n) is 4.88. The molecule has 0 atom stereocenters. The van der Waals surface area contributed by atoms with Crippen LogP contribution in [0.2, 0.25) is 0 Å². The Morgan fingerprint density at radius 1 is 1.33 bits per heavy atom. The average Bonchev–Trinajstić information content (AvgIpc) is 2.62. The number of allylic oxidation sites excluding steroid dienone is 1. The SMILES string of the molecule is Cc1cccc(CCC2=CNC(=S)[N]2)n1. The molecule has 1 aliphatic heterocycles. The standard InChI is InChI=1S/C11H12N3S/c1-8-3-2-4-9(13-8)5-6-10-7-12-11(15)14-10/h2-4,7H,5-6H2,1H3,(H,12,15). The van der Waals surface area contributed by atoms with E-state index in [1.807, 2.05) is 31.3 Å². The number of aromatic nitrogens is 1. The topological polar surface area (TPSA) is 39.0 Å². The van der Waals surface area contributed by atoms with Crippen LogP contribution >= 0.6 is 12.2 Å². The van der Waals surface area contributed by atoms with Crippen LogP contribution in [0.5, 0.6) is 0 Å². The Morgan fingerprint density at radius 2 is 2.20 bits per heavy atom. The third kappa shape index (κ3) is 2.76. The molecule has 0 unspecified atom stereocenters. The van der Waals surface area contributed by atoms with Crippen molar-refractivity contribution in [1.29, 1.82) is 0 Å². The van der Waals surface area contributed by atoms with E-state index in [9.17, 15) is 0 Å². The smallest absolute Gasteiger partial charge is 0.197 e. The molecular weight excluding hydrogens is 206 g/mol. The quantitative estimate of drug-likeness (QED) is 0.784. The Balaban J connectivity index is 1.91. The van der Waals surface area contributed by atoms with Crippen LogP contribution in [0.25, 0.3) is 0 Å². The second-order valence-corrected chi connectivity index (χ2v) is 3.85. The maximum absolute atomic E-state index is 4.90. The van der Waals surface area contributed by atoms with E-state index in [2.05, 4.69) is 15.6 Å². The summed E-state index contributed by atoms with van der Waals surface area (Å²) in [5.74, 6) is 0. The second kappa shape index (κ2) is 4.40. The van der Waals surface area contributed by atoms with Gasteiger partial charge < -0.3 is 5.32 Å². The third-order valence-corrected chi connectivity index (χ3v) is 2.40. The van der Waals surface area contributed by atoms with Crippen LogP contribution in [0.15, 0.2) is 30.1 Å². The van der Waals surface area contributed by atoms with Gasteiger partial charge in [-0.2, -0.15) is 0 Å². The Morgan fingerprint density at radius 3 is 2.87 bits per heavy atom. The first-order chi connectivity index (χ1) is 7.24. The molecule has 0 aliphatic carbocycles. The molecular formula is C11H12N3S. The molecule has 0 saturated carbocycles. The van der Waals surface area contributed by atoms with E-state index in [4.69, 9.17) is 12.2 Å². The fourth-order valence-corrected chi connectivity index (χ4v) is 1.64. The zero-order valence-electron chi connectivity index (χ0n) is 8.53. The molecule has 1 radical (unpaired) electrons. The molecule has 15 heavy (non-hydrogen) atoms. The highest BCUT2D eigenvalue weighted by Gasteiger charge is 2.09. The highest BCUT2D eigenvalue weighted by molar-refractivity contribution is 7.80. The van der Waals surface area contributed by atoms with E-state index in [0.717, 1.165) is 29.9 Å². The maximum Gasteiger partial charge on any atom is 0.197 e. The van der Waals surface area contributed by atoms with Gasteiger partial charge in [-0.25, -0.2) is 5.32 Å². The Kier molecular flexibility index (Phi) is 2.97. The molecule has 0 spiro atoms. The lowest BCUT2D eigenvalue weighted by Crippen LogP contribution is -2.15. The highest BCUT2D eigenvalue weighted by Crippen LogP contribution is 2.08. The van der Waals surface area contributed by atoms with Gasteiger partial charge in [-0.1, -0.05) is 6.07 Å². The van der Waals surface area contributed by atoms with Crippen molar-refractivity contribution in [2.24, 2.45) is 0 Å². The van der Waals surface area contributed by atoms with Crippen molar-refractivity contribution in [3.63, 3.8) is 0 Å². The summed E-state index contributed by atoms with van der Waals surface area (Å²) in [5.41, 5.74) is 3.16. The number of aryl methyl sites for hydroxylation is 2. The number of pyridine rings is 1. The van der Waals surface area contributed by atoms with Gasteiger partial charge in [0, 0.05) is 17.6 Å². The van der Waals surface area contributed by atoms with E-state index in [1.54, 1.807) is 0 Å². The number of hydrogen-bond donors (Lipinski definition) is 1. The van der Waals surface area contributed by atoms with Crippen LogP contribution in [0.4, 0.5) is 0 Å². The first kappa shape index (κ1) is 10.1. The van der Waals surface area contributed by atoms with Crippen molar-refractivity contribution in [2.75, 3.05) is 0 Å². The summed E-state index contributed by atoms with van der Waals surface area (Å²) >= 11 is 4.90. The van der Waals surface area contributed by atoms with Crippen LogP contribution in [0.1, 0.15) is 17.8 Å². The van der Waals surface area contributed by atoms with Gasteiger partial charge in [0.1, 0.15) is 0 Å². The number of rotatable bonds is 3. The van der Waals surface area contributed by atoms with Crippen molar-refractivity contribution in [3.8, 4) is 0 Å². The molecule has 1 aromatic heterocycles. The number of hydrogen-bond acceptors (Lipinski definition) is 2. The van der Waals surface area contributed by atoms with E-state index < -0.39 is 0 Å². The lowest BCUT2D eigenvalue weighted by atomic mass is 10.2. The summed E-state index contributed by atoms with van der Waals surface area (Å²) in [4.78, 5) is 4.43. The Bertz CT molecular complexity index is 412. The molecule has 2 rings (SSSR count). The summed E-state index contributed by atoms with van der Waals surface area (Å²) < 4.78 is 0. The normalized spacial score (nSPS) is 14.5. The summed E-state index contributed by atoms with van der Waals surface area (Å²) in [5, 5.41) is 7.64. The zero-order chi connectivity index (χ0) is 10.7. The van der Waals surface area contributed by atoms with Gasteiger partial charge in [0.2, 0.25) is 0 Å². The van der Waals surface area contributed by atoms with E-state index in [1.165, 1.54) is 0 Å². The Labute approximate surface area is 94.6 Å². The van der Waals surface area contributed by atoms with Gasteiger partial charge in [0.15, 0.2) is 5.11 Å². The van der Waals surface area contributed by atoms with Gasteiger partial charge in [-0.15, -0.1) is 0 Å². The summed E-state index contributed by atoms with van der Waals surface area (Å²) in [7, 11) is 0. The van der Waals surface area contributed by atoms with E-state index in [0.29, 0.717) is 5.11 Å². The second-order valence-electron chi connectivity index (χ2n) is 3.47. The molecule has 1 N–H and O–H groups in total. The highest BCUT2D eigenvalue weighted by atomic mass is 32.1. The van der Waals surface area contributed by atoms with E-state index >= 15 is 0 Å². The fraction of sp³-hybridized carbons (Fsp3) is 0.273. The van der Waals surface area contributed by atoms with Crippen molar-refractivity contribution >= 4 is 17.3 Å². The van der Waals surface area contributed by atoms with Gasteiger partial charge in [0.25, 0.3) is 0 Å². The molecule has 1 aromatic rings. The minimum Gasteiger partial charge on any atom is -0.336 e. The number of thiocarbonyl (C=S) groups is 1. The minimum atomic E-state index is 0.558. The average molecular weight is 218 g/mol. The predicted molar refractivity (Wildman–Crippen MR) is 63.2 cm³/mol. The van der Waals surface area contributed by atoms with Crippen LogP contribution < -0.4 is 10.6 Å². The summed E-state index contributed by atoms with van der Waals surface area (Å²) in [6.07, 6.45) is 3.64. The molecule has 2 heterocycles. The third-order valence-electron chi connectivity index (χ3n) is 2.19. The molecule has 3 nitrogen and oxygen atoms in total. The van der Waals surface area contributed by atoms with Gasteiger partial charge in [0.05, 0.1) is 5.70 Å². The van der Waals surface area contributed by atoms with Crippen LogP contribution in [-0.2, 0) is 6.42 Å². The number of nitrogens with zero attached hydrogens (tertiary/aromatic N) is 2. The molecule has 0 amide bonds. The molecule has 1 aliphatic rings.